The first-order valence-corrected chi connectivity index (χ1v) is 25.8. The Bertz CT molecular complexity index is 3570. The van der Waals surface area contributed by atoms with Gasteiger partial charge in [0.25, 0.3) is 72.5 Å². The van der Waals surface area contributed by atoms with Gasteiger partial charge in [0.2, 0.25) is 0 Å². The summed E-state index contributed by atoms with van der Waals surface area (Å²) < 4.78 is 203. The lowest BCUT2D eigenvalue weighted by molar-refractivity contribution is 0.101. The maximum Gasteiger partial charge on any atom is 0.323 e. The zero-order valence-electron chi connectivity index (χ0n) is 32.0. The fraction of sp³-hybridized carbons (Fsp3) is 0. The Hall–Kier alpha value is -6.49. The van der Waals surface area contributed by atoms with Crippen molar-refractivity contribution < 1.29 is 92.2 Å². The van der Waals surface area contributed by atoms with E-state index in [1.54, 1.807) is 0 Å². The van der Waals surface area contributed by atoms with Crippen LogP contribution >= 0.6 is 0 Å². The molecule has 0 saturated heterocycles. The topological polar surface area (TPSA) is 426 Å². The highest BCUT2D eigenvalue weighted by Crippen LogP contribution is 2.33. The van der Waals surface area contributed by atoms with Crippen molar-refractivity contribution in [3.05, 3.63) is 108 Å². The van der Waals surface area contributed by atoms with E-state index in [-0.39, 0.29) is 21.5 Å². The van der Waals surface area contributed by atoms with Gasteiger partial charge in [0.05, 0.1) is 42.1 Å². The van der Waals surface area contributed by atoms with Crippen molar-refractivity contribution in [1.82, 2.24) is 0 Å². The van der Waals surface area contributed by atoms with Crippen LogP contribution < -0.4 is 21.3 Å². The lowest BCUT2D eigenvalue weighted by atomic mass is 10.1. The van der Waals surface area contributed by atoms with Gasteiger partial charge in [-0.3, -0.25) is 36.9 Å². The number of fused-ring (bicyclic) bond motifs is 2. The van der Waals surface area contributed by atoms with Crippen molar-refractivity contribution in [1.29, 1.82) is 0 Å². The molecule has 0 spiro atoms. The minimum absolute atomic E-state index is 0.0874. The van der Waals surface area contributed by atoms with E-state index < -0.39 is 142 Å². The summed E-state index contributed by atoms with van der Waals surface area (Å²) >= 11 is 0. The molecule has 0 radical (unpaired) electrons. The zero-order chi connectivity index (χ0) is 49.1. The molecule has 0 aliphatic carbocycles. The van der Waals surface area contributed by atoms with Crippen LogP contribution in [0.2, 0.25) is 0 Å². The highest BCUT2D eigenvalue weighted by molar-refractivity contribution is 7.87. The molecule has 6 rings (SSSR count). The van der Waals surface area contributed by atoms with Crippen molar-refractivity contribution in [3.8, 4) is 0 Å². The standard InChI is InChI=1S/C35H26N4O21S6/c40-33(38-29-15-23(63(49,50)51)11-17-9-21(61(43,44)45)3-7-25(17)29)27-5-1-19(13-31(27)65(55,56)57)36-35(42)37-20-2-6-28(32(14-20)66(58,59)60)34(41)39-30-16-24(64(52,53)54)12-18-10-22(62(46,47)48)4-8-26(18)30/h1-16H,(H,38,40)(H,39,41)(H2,36,37,42)(H,43,44,45)(H,46,47,48)(H,49,50,51)(H,52,53,54)(H,55,56,57)(H,58,59,60). The number of benzene rings is 6. The first kappa shape index (κ1) is 49.0. The maximum absolute atomic E-state index is 13.4. The van der Waals surface area contributed by atoms with Crippen molar-refractivity contribution in [2.24, 2.45) is 0 Å². The molecule has 348 valence electrons. The second kappa shape index (κ2) is 17.1. The monoisotopic (exact) mass is 1030 g/mol. The molecule has 25 nitrogen and oxygen atoms in total. The first-order chi connectivity index (χ1) is 30.2. The van der Waals surface area contributed by atoms with Gasteiger partial charge >= 0.3 is 6.03 Å². The Morgan fingerprint density at radius 1 is 0.348 bits per heavy atom. The Morgan fingerprint density at radius 3 is 0.970 bits per heavy atom. The molecule has 0 saturated carbocycles. The number of hydrogen-bond acceptors (Lipinski definition) is 15. The predicted octanol–water partition coefficient (Wildman–Crippen LogP) is 3.62. The fourth-order valence-electron chi connectivity index (χ4n) is 6.14. The average Bonchev–Trinajstić information content (AvgIpc) is 3.18. The van der Waals surface area contributed by atoms with Gasteiger partial charge in [-0.15, -0.1) is 0 Å². The average molecular weight is 1030 g/mol. The Kier molecular flexibility index (Phi) is 12.7. The lowest BCUT2D eigenvalue weighted by Crippen LogP contribution is -2.22. The molecule has 31 heteroatoms. The highest BCUT2D eigenvalue weighted by atomic mass is 32.2. The largest absolute Gasteiger partial charge is 0.323 e. The molecule has 0 bridgehead atoms. The van der Waals surface area contributed by atoms with E-state index in [1.807, 2.05) is 0 Å². The van der Waals surface area contributed by atoms with Crippen LogP contribution in [0.5, 0.6) is 0 Å². The van der Waals surface area contributed by atoms with Crippen LogP contribution in [0.3, 0.4) is 0 Å². The second-order valence-electron chi connectivity index (χ2n) is 13.5. The Morgan fingerprint density at radius 2 is 0.667 bits per heavy atom. The molecule has 66 heavy (non-hydrogen) atoms. The molecular weight excluding hydrogens is 1000 g/mol. The third-order valence-electron chi connectivity index (χ3n) is 9.01. The van der Waals surface area contributed by atoms with E-state index in [0.717, 1.165) is 84.9 Å². The van der Waals surface area contributed by atoms with E-state index >= 15 is 0 Å². The van der Waals surface area contributed by atoms with Gasteiger partial charge in [-0.25, -0.2) is 4.79 Å². The SMILES string of the molecule is O=C(Nc1ccc(C(=O)Nc2cc(S(=O)(=O)O)cc3cc(S(=O)(=O)O)ccc23)c(S(=O)(=O)O)c1)Nc1ccc(C(=O)Nc2cc(S(=O)(=O)O)cc3cc(S(=O)(=O)O)ccc23)c(S(=O)(=O)O)c1. The summed E-state index contributed by atoms with van der Waals surface area (Å²) in [6.45, 7) is 0. The van der Waals surface area contributed by atoms with Gasteiger partial charge in [-0.2, -0.15) is 50.5 Å². The van der Waals surface area contributed by atoms with Crippen LogP contribution in [0.25, 0.3) is 21.5 Å². The van der Waals surface area contributed by atoms with Crippen LogP contribution in [-0.2, 0) is 60.7 Å². The smallest absolute Gasteiger partial charge is 0.321 e. The number of carbonyl (C=O) groups excluding carboxylic acids is 3. The van der Waals surface area contributed by atoms with E-state index in [4.69, 9.17) is 0 Å². The molecule has 0 heterocycles. The Balaban J connectivity index is 1.27. The fourth-order valence-corrected chi connectivity index (χ4v) is 9.69. The second-order valence-corrected chi connectivity index (χ2v) is 21.9. The molecule has 0 unspecified atom stereocenters. The third-order valence-corrected chi connectivity index (χ3v) is 14.2. The lowest BCUT2D eigenvalue weighted by Gasteiger charge is -2.15. The molecule has 0 fully saturated rings. The van der Waals surface area contributed by atoms with Crippen molar-refractivity contribution in [2.45, 2.75) is 29.4 Å². The number of rotatable bonds is 12. The van der Waals surface area contributed by atoms with Gasteiger partial charge in [0.15, 0.2) is 0 Å². The highest BCUT2D eigenvalue weighted by Gasteiger charge is 2.26. The van der Waals surface area contributed by atoms with Gasteiger partial charge in [0.1, 0.15) is 9.79 Å². The number of nitrogens with one attached hydrogen (secondary N) is 4. The van der Waals surface area contributed by atoms with Crippen LogP contribution in [0.15, 0.2) is 126 Å². The summed E-state index contributed by atoms with van der Waals surface area (Å²) in [4.78, 5) is 34.4. The van der Waals surface area contributed by atoms with Crippen molar-refractivity contribution >= 4 is 123 Å². The van der Waals surface area contributed by atoms with E-state index in [1.165, 1.54) is 0 Å². The van der Waals surface area contributed by atoms with Crippen LogP contribution in [0, 0.1) is 0 Å². The molecule has 0 aliphatic rings. The number of carbonyl (C=O) groups is 3. The quantitative estimate of drug-likeness (QED) is 0.0782. The maximum atomic E-state index is 13.4. The van der Waals surface area contributed by atoms with Crippen LogP contribution in [0.4, 0.5) is 27.5 Å². The van der Waals surface area contributed by atoms with E-state index in [0.29, 0.717) is 12.1 Å². The third kappa shape index (κ3) is 10.9. The zero-order valence-corrected chi connectivity index (χ0v) is 36.9. The van der Waals surface area contributed by atoms with Crippen molar-refractivity contribution in [2.75, 3.05) is 21.3 Å². The van der Waals surface area contributed by atoms with Crippen molar-refractivity contribution in [3.63, 3.8) is 0 Å². The molecule has 10 N–H and O–H groups in total. The minimum atomic E-state index is -5.34. The molecule has 0 atom stereocenters. The summed E-state index contributed by atoms with van der Waals surface area (Å²) in [7, 11) is -30.4. The normalized spacial score (nSPS) is 12.7. The van der Waals surface area contributed by atoms with Gasteiger partial charge < -0.3 is 21.3 Å². The number of anilines is 4. The minimum Gasteiger partial charge on any atom is -0.321 e. The number of urea groups is 1. The molecule has 0 aromatic heterocycles. The van der Waals surface area contributed by atoms with Gasteiger partial charge in [-0.05, 0) is 95.7 Å². The number of amides is 4. The molecule has 4 amide bonds. The van der Waals surface area contributed by atoms with Gasteiger partial charge in [0, 0.05) is 22.1 Å². The summed E-state index contributed by atoms with van der Waals surface area (Å²) in [6.07, 6.45) is 0. The van der Waals surface area contributed by atoms with Crippen LogP contribution in [-0.4, -0.2) is 95.7 Å². The molecular formula is C35H26N4O21S6. The Labute approximate surface area is 372 Å². The van der Waals surface area contributed by atoms with Gasteiger partial charge in [-0.1, -0.05) is 12.1 Å². The summed E-state index contributed by atoms with van der Waals surface area (Å²) in [5.74, 6) is -2.70. The number of hydrogen-bond donors (Lipinski definition) is 10. The predicted molar refractivity (Wildman–Crippen MR) is 228 cm³/mol. The molecule has 0 aliphatic heterocycles. The van der Waals surface area contributed by atoms with Crippen LogP contribution in [0.1, 0.15) is 20.7 Å². The summed E-state index contributed by atoms with van der Waals surface area (Å²) in [5.41, 5.74) is -3.45. The summed E-state index contributed by atoms with van der Waals surface area (Å²) in [6, 6.07) is 11.7. The van der Waals surface area contributed by atoms with E-state index in [9.17, 15) is 92.2 Å². The molecule has 6 aromatic carbocycles. The first-order valence-electron chi connectivity index (χ1n) is 17.2. The summed E-state index contributed by atoms with van der Waals surface area (Å²) in [5, 5.41) is 7.93. The van der Waals surface area contributed by atoms with E-state index in [2.05, 4.69) is 21.3 Å². The molecule has 6 aromatic rings.